The summed E-state index contributed by atoms with van der Waals surface area (Å²) in [5.41, 5.74) is 4.06. The molecule has 0 saturated carbocycles. The summed E-state index contributed by atoms with van der Waals surface area (Å²) >= 11 is 1.22. The molecule has 5 nitrogen and oxygen atoms in total. The van der Waals surface area contributed by atoms with Crippen molar-refractivity contribution in [2.45, 2.75) is 68.0 Å². The lowest BCUT2D eigenvalue weighted by Crippen LogP contribution is -2.29. The van der Waals surface area contributed by atoms with Crippen molar-refractivity contribution in [2.24, 2.45) is 0 Å². The van der Waals surface area contributed by atoms with Gasteiger partial charge in [-0.25, -0.2) is 4.79 Å². The van der Waals surface area contributed by atoms with Gasteiger partial charge in [-0.1, -0.05) is 111 Å². The molecule has 3 atom stereocenters. The highest BCUT2D eigenvalue weighted by Crippen LogP contribution is 2.44. The number of thioether (sulfide) groups is 1. The number of aliphatic hydroxyl groups is 1. The van der Waals surface area contributed by atoms with E-state index in [0.717, 1.165) is 42.4 Å². The maximum atomic E-state index is 12.8. The van der Waals surface area contributed by atoms with Gasteiger partial charge in [-0.05, 0) is 47.9 Å². The Morgan fingerprint density at radius 3 is 1.87 bits per heavy atom. The van der Waals surface area contributed by atoms with E-state index in [1.165, 1.54) is 57.2 Å². The number of carbonyl (C=O) groups excluding carboxylic acids is 2. The molecule has 0 aliphatic carbocycles. The third-order valence-corrected chi connectivity index (χ3v) is 8.44. The third kappa shape index (κ3) is 9.55. The molecule has 1 N–H and O–H groups in total. The summed E-state index contributed by atoms with van der Waals surface area (Å²) in [7, 11) is 2.61. The van der Waals surface area contributed by atoms with Crippen molar-refractivity contribution in [2.75, 3.05) is 14.2 Å². The topological polar surface area (TPSA) is 72.8 Å². The van der Waals surface area contributed by atoms with Gasteiger partial charge in [0.15, 0.2) is 6.10 Å². The van der Waals surface area contributed by atoms with Crippen LogP contribution in [0.2, 0.25) is 0 Å². The first-order chi connectivity index (χ1) is 19.0. The van der Waals surface area contributed by atoms with Crippen molar-refractivity contribution in [1.29, 1.82) is 0 Å². The Hall–Kier alpha value is -3.09. The summed E-state index contributed by atoms with van der Waals surface area (Å²) < 4.78 is 9.97. The van der Waals surface area contributed by atoms with Gasteiger partial charge in [0.25, 0.3) is 0 Å². The van der Waals surface area contributed by atoms with E-state index in [0.29, 0.717) is 0 Å². The summed E-state index contributed by atoms with van der Waals surface area (Å²) in [6, 6.07) is 27.8. The third-order valence-electron chi connectivity index (χ3n) is 6.90. The van der Waals surface area contributed by atoms with Crippen LogP contribution in [0, 0.1) is 0 Å². The Balaban J connectivity index is 1.64. The van der Waals surface area contributed by atoms with E-state index in [4.69, 9.17) is 9.47 Å². The number of methoxy groups -OCH3 is 2. The van der Waals surface area contributed by atoms with Crippen LogP contribution in [0.3, 0.4) is 0 Å². The lowest BCUT2D eigenvalue weighted by Gasteiger charge is -2.27. The van der Waals surface area contributed by atoms with Crippen LogP contribution < -0.4 is 0 Å². The van der Waals surface area contributed by atoms with Crippen molar-refractivity contribution < 1.29 is 24.2 Å². The molecule has 0 radical (unpaired) electrons. The predicted molar refractivity (Wildman–Crippen MR) is 158 cm³/mol. The number of unbranched alkanes of at least 4 members (excludes halogenated alkanes) is 5. The van der Waals surface area contributed by atoms with E-state index in [9.17, 15) is 14.7 Å². The number of aliphatic hydroxyl groups excluding tert-OH is 1. The van der Waals surface area contributed by atoms with Gasteiger partial charge in [0.1, 0.15) is 5.25 Å². The standard InChI is InChI=1S/C33H40O5S/c1-37-32(35)29(34)31(39-30(33(36)38-2)27-22-13-8-14-23-27)28-24-16-15-21-26(28)20-12-6-4-3-5-9-17-25-18-10-7-11-19-25/h7-8,10-11,13-16,18-19,21-24,29-31,34H,3-6,9,12,17,20H2,1-2H3/t29?,30-,31?/m1/s1. The van der Waals surface area contributed by atoms with Crippen LogP contribution in [-0.4, -0.2) is 37.4 Å². The Bertz CT molecular complexity index is 1140. The van der Waals surface area contributed by atoms with Gasteiger partial charge in [-0.15, -0.1) is 11.8 Å². The molecule has 3 aromatic rings. The fraction of sp³-hybridized carbons (Fsp3) is 0.394. The number of aryl methyl sites for hydroxylation is 2. The molecule has 0 fully saturated rings. The molecule has 6 heteroatoms. The summed E-state index contributed by atoms with van der Waals surface area (Å²) in [4.78, 5) is 25.3. The summed E-state index contributed by atoms with van der Waals surface area (Å²) in [6.45, 7) is 0. The van der Waals surface area contributed by atoms with Gasteiger partial charge in [0.2, 0.25) is 0 Å². The molecular weight excluding hydrogens is 508 g/mol. The minimum atomic E-state index is -1.43. The first-order valence-electron chi connectivity index (χ1n) is 13.7. The molecule has 0 bridgehead atoms. The minimum absolute atomic E-state index is 0.432. The van der Waals surface area contributed by atoms with Gasteiger partial charge < -0.3 is 14.6 Å². The minimum Gasteiger partial charge on any atom is -0.468 e. The van der Waals surface area contributed by atoms with E-state index in [2.05, 4.69) is 30.3 Å². The van der Waals surface area contributed by atoms with Gasteiger partial charge in [-0.2, -0.15) is 0 Å². The molecule has 0 aromatic heterocycles. The van der Waals surface area contributed by atoms with Gasteiger partial charge >= 0.3 is 11.9 Å². The largest absolute Gasteiger partial charge is 0.468 e. The maximum Gasteiger partial charge on any atom is 0.336 e. The molecule has 208 valence electrons. The van der Waals surface area contributed by atoms with E-state index >= 15 is 0 Å². The molecule has 39 heavy (non-hydrogen) atoms. The average molecular weight is 549 g/mol. The van der Waals surface area contributed by atoms with Gasteiger partial charge in [0, 0.05) is 0 Å². The molecule has 0 aliphatic rings. The molecule has 0 saturated heterocycles. The van der Waals surface area contributed by atoms with Gasteiger partial charge in [-0.3, -0.25) is 4.79 Å². The van der Waals surface area contributed by atoms with Crippen molar-refractivity contribution in [3.05, 3.63) is 107 Å². The Morgan fingerprint density at radius 1 is 0.692 bits per heavy atom. The molecular formula is C33H40O5S. The maximum absolute atomic E-state index is 12.8. The van der Waals surface area contributed by atoms with Gasteiger partial charge in [0.05, 0.1) is 19.5 Å². The molecule has 0 spiro atoms. The van der Waals surface area contributed by atoms with Crippen LogP contribution in [0.5, 0.6) is 0 Å². The second-order valence-electron chi connectivity index (χ2n) is 9.64. The summed E-state index contributed by atoms with van der Waals surface area (Å²) in [5, 5.41) is 9.63. The predicted octanol–water partition coefficient (Wildman–Crippen LogP) is 7.03. The molecule has 0 amide bonds. The fourth-order valence-corrected chi connectivity index (χ4v) is 6.20. The van der Waals surface area contributed by atoms with E-state index < -0.39 is 28.5 Å². The zero-order valence-corrected chi connectivity index (χ0v) is 23.8. The van der Waals surface area contributed by atoms with Crippen molar-refractivity contribution in [3.8, 4) is 0 Å². The Labute approximate surface area is 236 Å². The smallest absolute Gasteiger partial charge is 0.336 e. The monoisotopic (exact) mass is 548 g/mol. The Kier molecular flexibility index (Phi) is 13.1. The lowest BCUT2D eigenvalue weighted by atomic mass is 9.96. The molecule has 2 unspecified atom stereocenters. The van der Waals surface area contributed by atoms with E-state index in [1.54, 1.807) is 0 Å². The highest BCUT2D eigenvalue weighted by molar-refractivity contribution is 8.00. The number of esters is 2. The van der Waals surface area contributed by atoms with Crippen molar-refractivity contribution in [1.82, 2.24) is 0 Å². The molecule has 0 aliphatic heterocycles. The van der Waals surface area contributed by atoms with Crippen molar-refractivity contribution in [3.63, 3.8) is 0 Å². The second kappa shape index (κ2) is 16.8. The molecule has 3 rings (SSSR count). The number of rotatable bonds is 16. The summed E-state index contributed by atoms with van der Waals surface area (Å²) in [6.07, 6.45) is 7.49. The fourth-order valence-electron chi connectivity index (χ4n) is 4.75. The number of ether oxygens (including phenoxy) is 2. The number of carbonyl (C=O) groups is 2. The highest BCUT2D eigenvalue weighted by atomic mass is 32.2. The highest BCUT2D eigenvalue weighted by Gasteiger charge is 2.35. The first-order valence-corrected chi connectivity index (χ1v) is 14.6. The van der Waals surface area contributed by atoms with Crippen LogP contribution in [0.25, 0.3) is 0 Å². The van der Waals surface area contributed by atoms with Crippen LogP contribution in [0.1, 0.15) is 71.3 Å². The molecule has 0 heterocycles. The van der Waals surface area contributed by atoms with Crippen LogP contribution in [-0.2, 0) is 31.9 Å². The zero-order valence-electron chi connectivity index (χ0n) is 23.0. The lowest BCUT2D eigenvalue weighted by molar-refractivity contribution is -0.150. The zero-order chi connectivity index (χ0) is 27.9. The number of benzene rings is 3. The Morgan fingerprint density at radius 2 is 1.23 bits per heavy atom. The quantitative estimate of drug-likeness (QED) is 0.153. The number of hydrogen-bond donors (Lipinski definition) is 1. The number of hydrogen-bond acceptors (Lipinski definition) is 6. The molecule has 3 aromatic carbocycles. The van der Waals surface area contributed by atoms with E-state index in [1.807, 2.05) is 54.6 Å². The van der Waals surface area contributed by atoms with Crippen LogP contribution in [0.4, 0.5) is 0 Å². The van der Waals surface area contributed by atoms with E-state index in [-0.39, 0.29) is 0 Å². The van der Waals surface area contributed by atoms with Crippen LogP contribution >= 0.6 is 11.8 Å². The average Bonchev–Trinajstić information content (AvgIpc) is 2.99. The summed E-state index contributed by atoms with van der Waals surface area (Å²) in [5.74, 6) is -1.16. The normalized spacial score (nSPS) is 13.3. The first kappa shape index (κ1) is 30.5. The van der Waals surface area contributed by atoms with Crippen molar-refractivity contribution >= 4 is 23.7 Å². The second-order valence-corrected chi connectivity index (χ2v) is 10.9. The van der Waals surface area contributed by atoms with Crippen LogP contribution in [0.15, 0.2) is 84.9 Å². The SMILES string of the molecule is COC(=O)C(O)C(S[C@@H](C(=O)OC)c1ccccc1)c1ccccc1CCCCCCCCc1ccccc1.